The maximum atomic E-state index is 4.81. The molecule has 0 saturated carbocycles. The van der Waals surface area contributed by atoms with Crippen LogP contribution in [-0.2, 0) is 19.4 Å². The number of hydrogen-bond donors (Lipinski definition) is 2. The van der Waals surface area contributed by atoms with E-state index in [1.54, 1.807) is 18.9 Å². The molecular formula is C18H22N8. The van der Waals surface area contributed by atoms with E-state index in [2.05, 4.69) is 32.6 Å². The van der Waals surface area contributed by atoms with E-state index in [1.807, 2.05) is 22.9 Å². The predicted octanol–water partition coefficient (Wildman–Crippen LogP) is 1.32. The van der Waals surface area contributed by atoms with E-state index in [0.29, 0.717) is 5.82 Å². The van der Waals surface area contributed by atoms with Crippen LogP contribution in [0.3, 0.4) is 0 Å². The van der Waals surface area contributed by atoms with Gasteiger partial charge >= 0.3 is 0 Å². The van der Waals surface area contributed by atoms with Gasteiger partial charge in [-0.15, -0.1) is 0 Å². The average molecular weight is 350 g/mol. The lowest BCUT2D eigenvalue weighted by Gasteiger charge is -2.19. The van der Waals surface area contributed by atoms with Crippen molar-refractivity contribution in [1.82, 2.24) is 35.0 Å². The van der Waals surface area contributed by atoms with Crippen molar-refractivity contribution < 1.29 is 0 Å². The first-order valence-corrected chi connectivity index (χ1v) is 8.90. The van der Waals surface area contributed by atoms with Gasteiger partial charge in [0.25, 0.3) is 0 Å². The smallest absolute Gasteiger partial charge is 0.180 e. The quantitative estimate of drug-likeness (QED) is 0.717. The molecule has 3 aromatic rings. The first-order chi connectivity index (χ1) is 12.8. The topological polar surface area (TPSA) is 93.4 Å². The lowest BCUT2D eigenvalue weighted by Crippen LogP contribution is -2.24. The van der Waals surface area contributed by atoms with Gasteiger partial charge < -0.3 is 10.6 Å². The van der Waals surface area contributed by atoms with E-state index in [9.17, 15) is 0 Å². The molecule has 0 aromatic carbocycles. The molecule has 134 valence electrons. The lowest BCUT2D eigenvalue weighted by molar-refractivity contribution is 0.557. The van der Waals surface area contributed by atoms with Crippen LogP contribution in [0, 0.1) is 0 Å². The normalized spacial score (nSPS) is 15.1. The van der Waals surface area contributed by atoms with Crippen molar-refractivity contribution in [2.45, 2.75) is 32.4 Å². The van der Waals surface area contributed by atoms with E-state index < -0.39 is 0 Å². The molecule has 0 saturated heterocycles. The highest BCUT2D eigenvalue weighted by molar-refractivity contribution is 5.57. The Balaban J connectivity index is 1.67. The zero-order valence-corrected chi connectivity index (χ0v) is 14.8. The molecule has 26 heavy (non-hydrogen) atoms. The van der Waals surface area contributed by atoms with Crippen LogP contribution in [0.1, 0.15) is 18.2 Å². The van der Waals surface area contributed by atoms with Crippen molar-refractivity contribution in [2.75, 3.05) is 18.4 Å². The summed E-state index contributed by atoms with van der Waals surface area (Å²) >= 11 is 0. The molecule has 8 nitrogen and oxygen atoms in total. The Morgan fingerprint density at radius 3 is 2.96 bits per heavy atom. The van der Waals surface area contributed by atoms with Crippen LogP contribution in [0.5, 0.6) is 0 Å². The summed E-state index contributed by atoms with van der Waals surface area (Å²) in [5, 5.41) is 11.2. The molecule has 0 unspecified atom stereocenters. The molecule has 0 radical (unpaired) electrons. The first-order valence-electron chi connectivity index (χ1n) is 8.90. The number of rotatable bonds is 5. The molecule has 1 aliphatic heterocycles. The Morgan fingerprint density at radius 2 is 2.15 bits per heavy atom. The zero-order chi connectivity index (χ0) is 17.8. The van der Waals surface area contributed by atoms with Crippen molar-refractivity contribution in [2.24, 2.45) is 0 Å². The highest BCUT2D eigenvalue weighted by Gasteiger charge is 2.19. The van der Waals surface area contributed by atoms with Crippen LogP contribution >= 0.6 is 0 Å². The Kier molecular flexibility index (Phi) is 4.83. The molecule has 4 rings (SSSR count). The van der Waals surface area contributed by atoms with Gasteiger partial charge in [-0.25, -0.2) is 15.0 Å². The molecule has 0 fully saturated rings. The second-order valence-electron chi connectivity index (χ2n) is 6.45. The van der Waals surface area contributed by atoms with Crippen molar-refractivity contribution >= 4 is 5.82 Å². The lowest BCUT2D eigenvalue weighted by atomic mass is 10.1. The molecular weight excluding hydrogens is 328 g/mol. The Labute approximate surface area is 152 Å². The number of pyridine rings is 1. The summed E-state index contributed by atoms with van der Waals surface area (Å²) in [7, 11) is 0. The van der Waals surface area contributed by atoms with Crippen LogP contribution in [0.25, 0.3) is 11.5 Å². The monoisotopic (exact) mass is 350 g/mol. The molecule has 2 N–H and O–H groups in total. The largest absolute Gasteiger partial charge is 0.365 e. The summed E-state index contributed by atoms with van der Waals surface area (Å²) in [4.78, 5) is 18.0. The van der Waals surface area contributed by atoms with Gasteiger partial charge in [-0.1, -0.05) is 6.07 Å². The summed E-state index contributed by atoms with van der Waals surface area (Å²) in [6.07, 6.45) is 6.85. The fraction of sp³-hybridized carbons (Fsp3) is 0.389. The SMILES string of the molecule is C[C@@H](Cn1cncn1)Nc1nc(-c2ccccn2)nc2c1CCNCC2. The van der Waals surface area contributed by atoms with Gasteiger partial charge in [0, 0.05) is 30.8 Å². The first kappa shape index (κ1) is 16.6. The Hall–Kier alpha value is -2.87. The molecule has 0 spiro atoms. The van der Waals surface area contributed by atoms with E-state index in [0.717, 1.165) is 49.7 Å². The fourth-order valence-electron chi connectivity index (χ4n) is 3.16. The standard InChI is InChI=1S/C18H22N8/c1-13(10-26-12-20-11-22-26)23-17-14-5-8-19-9-6-15(14)24-18(25-17)16-4-2-3-7-21-16/h2-4,7,11-13,19H,5-6,8-10H2,1H3,(H,23,24,25)/t13-/m0/s1. The molecule has 0 amide bonds. The number of nitrogens with zero attached hydrogens (tertiary/aromatic N) is 6. The third-order valence-electron chi connectivity index (χ3n) is 4.39. The molecule has 8 heteroatoms. The number of fused-ring (bicyclic) bond motifs is 1. The van der Waals surface area contributed by atoms with Gasteiger partial charge in [-0.05, 0) is 32.0 Å². The molecule has 3 aromatic heterocycles. The fourth-order valence-corrected chi connectivity index (χ4v) is 3.16. The van der Waals surface area contributed by atoms with Crippen molar-refractivity contribution in [3.63, 3.8) is 0 Å². The molecule has 1 aliphatic rings. The van der Waals surface area contributed by atoms with Crippen molar-refractivity contribution in [3.05, 3.63) is 48.3 Å². The van der Waals surface area contributed by atoms with Gasteiger partial charge in [0.15, 0.2) is 5.82 Å². The van der Waals surface area contributed by atoms with Gasteiger partial charge in [-0.3, -0.25) is 9.67 Å². The third-order valence-corrected chi connectivity index (χ3v) is 4.39. The summed E-state index contributed by atoms with van der Waals surface area (Å²) < 4.78 is 1.82. The molecule has 4 heterocycles. The Bertz CT molecular complexity index is 847. The zero-order valence-electron chi connectivity index (χ0n) is 14.8. The summed E-state index contributed by atoms with van der Waals surface area (Å²) in [6.45, 7) is 4.70. The number of anilines is 1. The minimum atomic E-state index is 0.156. The van der Waals surface area contributed by atoms with E-state index in [-0.39, 0.29) is 6.04 Å². The molecule has 0 bridgehead atoms. The predicted molar refractivity (Wildman–Crippen MR) is 98.6 cm³/mol. The van der Waals surface area contributed by atoms with Crippen LogP contribution < -0.4 is 10.6 Å². The minimum absolute atomic E-state index is 0.156. The summed E-state index contributed by atoms with van der Waals surface area (Å²) in [5.41, 5.74) is 3.08. The van der Waals surface area contributed by atoms with Crippen LogP contribution in [0.4, 0.5) is 5.82 Å². The maximum absolute atomic E-state index is 4.81. The van der Waals surface area contributed by atoms with Gasteiger partial charge in [0.2, 0.25) is 0 Å². The highest BCUT2D eigenvalue weighted by Crippen LogP contribution is 2.24. The van der Waals surface area contributed by atoms with Gasteiger partial charge in [-0.2, -0.15) is 5.10 Å². The number of aromatic nitrogens is 6. The number of hydrogen-bond acceptors (Lipinski definition) is 7. The van der Waals surface area contributed by atoms with Crippen molar-refractivity contribution in [1.29, 1.82) is 0 Å². The minimum Gasteiger partial charge on any atom is -0.365 e. The Morgan fingerprint density at radius 1 is 1.23 bits per heavy atom. The second-order valence-corrected chi connectivity index (χ2v) is 6.45. The molecule has 0 aliphatic carbocycles. The van der Waals surface area contributed by atoms with Gasteiger partial charge in [0.1, 0.15) is 24.2 Å². The third kappa shape index (κ3) is 3.70. The maximum Gasteiger partial charge on any atom is 0.180 e. The molecule has 1 atom stereocenters. The van der Waals surface area contributed by atoms with Gasteiger partial charge in [0.05, 0.1) is 12.2 Å². The van der Waals surface area contributed by atoms with Crippen LogP contribution in [-0.4, -0.2) is 48.8 Å². The second kappa shape index (κ2) is 7.57. The van der Waals surface area contributed by atoms with Crippen LogP contribution in [0.15, 0.2) is 37.1 Å². The summed E-state index contributed by atoms with van der Waals surface area (Å²) in [6, 6.07) is 5.96. The number of nitrogens with one attached hydrogen (secondary N) is 2. The summed E-state index contributed by atoms with van der Waals surface area (Å²) in [5.74, 6) is 1.56. The average Bonchev–Trinajstić information content (AvgIpc) is 3.04. The van der Waals surface area contributed by atoms with E-state index in [1.165, 1.54) is 5.56 Å². The van der Waals surface area contributed by atoms with E-state index >= 15 is 0 Å². The van der Waals surface area contributed by atoms with Crippen LogP contribution in [0.2, 0.25) is 0 Å². The van der Waals surface area contributed by atoms with E-state index in [4.69, 9.17) is 9.97 Å². The van der Waals surface area contributed by atoms with Crippen molar-refractivity contribution in [3.8, 4) is 11.5 Å². The highest BCUT2D eigenvalue weighted by atomic mass is 15.3.